The number of nitrogens with one attached hydrogen (secondary N) is 1. The van der Waals surface area contributed by atoms with Crippen LogP contribution >= 0.6 is 0 Å². The smallest absolute Gasteiger partial charge is 0.0953 e. The third-order valence-electron chi connectivity index (χ3n) is 4.35. The van der Waals surface area contributed by atoms with Gasteiger partial charge in [0.05, 0.1) is 12.0 Å². The fraction of sp³-hybridized carbons (Fsp3) is 0.471. The van der Waals surface area contributed by atoms with Crippen molar-refractivity contribution in [1.82, 2.24) is 14.9 Å². The van der Waals surface area contributed by atoms with Gasteiger partial charge in [-0.05, 0) is 45.3 Å². The molecule has 3 rings (SSSR count). The van der Waals surface area contributed by atoms with Crippen molar-refractivity contribution < 1.29 is 0 Å². The molecule has 3 heteroatoms. The summed E-state index contributed by atoms with van der Waals surface area (Å²) in [6.45, 7) is 6.55. The lowest BCUT2D eigenvalue weighted by Gasteiger charge is -2.24. The predicted octanol–water partition coefficient (Wildman–Crippen LogP) is 3.17. The van der Waals surface area contributed by atoms with Crippen LogP contribution in [-0.4, -0.2) is 22.6 Å². The van der Waals surface area contributed by atoms with Crippen molar-refractivity contribution in [2.24, 2.45) is 7.05 Å². The van der Waals surface area contributed by atoms with Gasteiger partial charge in [0.25, 0.3) is 0 Å². The zero-order valence-corrected chi connectivity index (χ0v) is 12.6. The fourth-order valence-corrected chi connectivity index (χ4v) is 3.30. The SMILES string of the molecule is Cc1ccc(-c2ncn(C)c2C2CCNCC2)c(C)c1. The summed E-state index contributed by atoms with van der Waals surface area (Å²) in [5.74, 6) is 0.624. The molecule has 20 heavy (non-hydrogen) atoms. The number of aryl methyl sites for hydroxylation is 3. The molecule has 1 fully saturated rings. The summed E-state index contributed by atoms with van der Waals surface area (Å²) >= 11 is 0. The number of hydrogen-bond donors (Lipinski definition) is 1. The summed E-state index contributed by atoms with van der Waals surface area (Å²) in [7, 11) is 2.12. The van der Waals surface area contributed by atoms with Crippen LogP contribution in [0.3, 0.4) is 0 Å². The molecular weight excluding hydrogens is 246 g/mol. The van der Waals surface area contributed by atoms with Crippen LogP contribution in [0.15, 0.2) is 24.5 Å². The average molecular weight is 269 g/mol. The van der Waals surface area contributed by atoms with Crippen LogP contribution in [-0.2, 0) is 7.05 Å². The number of nitrogens with zero attached hydrogens (tertiary/aromatic N) is 2. The molecule has 1 aliphatic rings. The lowest BCUT2D eigenvalue weighted by atomic mass is 9.90. The Hall–Kier alpha value is -1.61. The van der Waals surface area contributed by atoms with Gasteiger partial charge >= 0.3 is 0 Å². The van der Waals surface area contributed by atoms with Crippen LogP contribution in [0.25, 0.3) is 11.3 Å². The van der Waals surface area contributed by atoms with E-state index in [9.17, 15) is 0 Å². The third-order valence-corrected chi connectivity index (χ3v) is 4.35. The molecule has 0 unspecified atom stereocenters. The standard InChI is InChI=1S/C17H23N3/c1-12-4-5-15(13(2)10-12)16-17(20(3)11-19-16)14-6-8-18-9-7-14/h4-5,10-11,14,18H,6-9H2,1-3H3. The Morgan fingerprint density at radius 2 is 1.95 bits per heavy atom. The Balaban J connectivity index is 2.05. The van der Waals surface area contributed by atoms with E-state index in [4.69, 9.17) is 4.98 Å². The van der Waals surface area contributed by atoms with Gasteiger partial charge in [-0.15, -0.1) is 0 Å². The molecule has 0 bridgehead atoms. The van der Waals surface area contributed by atoms with Crippen LogP contribution in [0.4, 0.5) is 0 Å². The average Bonchev–Trinajstić information content (AvgIpc) is 2.81. The van der Waals surface area contributed by atoms with Gasteiger partial charge in [0, 0.05) is 24.2 Å². The summed E-state index contributed by atoms with van der Waals surface area (Å²) in [5, 5.41) is 3.44. The van der Waals surface area contributed by atoms with E-state index in [1.165, 1.54) is 40.9 Å². The van der Waals surface area contributed by atoms with Crippen molar-refractivity contribution >= 4 is 0 Å². The van der Waals surface area contributed by atoms with E-state index in [1.54, 1.807) is 0 Å². The van der Waals surface area contributed by atoms with Crippen LogP contribution in [0.1, 0.15) is 35.6 Å². The van der Waals surface area contributed by atoms with Crippen molar-refractivity contribution in [1.29, 1.82) is 0 Å². The second kappa shape index (κ2) is 5.41. The zero-order valence-electron chi connectivity index (χ0n) is 12.6. The minimum atomic E-state index is 0.624. The van der Waals surface area contributed by atoms with Crippen LogP contribution in [0.2, 0.25) is 0 Å². The maximum absolute atomic E-state index is 4.69. The first-order valence-corrected chi connectivity index (χ1v) is 7.46. The Morgan fingerprint density at radius 1 is 1.20 bits per heavy atom. The molecule has 0 aliphatic carbocycles. The summed E-state index contributed by atoms with van der Waals surface area (Å²) < 4.78 is 2.21. The molecule has 2 heterocycles. The van der Waals surface area contributed by atoms with Gasteiger partial charge in [0.15, 0.2) is 0 Å². The maximum Gasteiger partial charge on any atom is 0.0953 e. The van der Waals surface area contributed by atoms with Crippen molar-refractivity contribution in [3.05, 3.63) is 41.3 Å². The molecule has 1 aromatic heterocycles. The highest BCUT2D eigenvalue weighted by Crippen LogP contribution is 2.34. The van der Waals surface area contributed by atoms with Crippen LogP contribution in [0, 0.1) is 13.8 Å². The number of hydrogen-bond acceptors (Lipinski definition) is 2. The monoisotopic (exact) mass is 269 g/mol. The van der Waals surface area contributed by atoms with Gasteiger partial charge in [-0.25, -0.2) is 4.98 Å². The molecule has 0 amide bonds. The molecule has 2 aromatic rings. The van der Waals surface area contributed by atoms with E-state index < -0.39 is 0 Å². The summed E-state index contributed by atoms with van der Waals surface area (Å²) in [6.07, 6.45) is 4.38. The summed E-state index contributed by atoms with van der Waals surface area (Å²) in [5.41, 5.74) is 6.49. The maximum atomic E-state index is 4.69. The van der Waals surface area contributed by atoms with E-state index in [-0.39, 0.29) is 0 Å². The quantitative estimate of drug-likeness (QED) is 0.907. The molecule has 1 aliphatic heterocycles. The lowest BCUT2D eigenvalue weighted by Crippen LogP contribution is -2.27. The number of imidazole rings is 1. The van der Waals surface area contributed by atoms with Crippen molar-refractivity contribution in [3.63, 3.8) is 0 Å². The van der Waals surface area contributed by atoms with E-state index in [0.29, 0.717) is 5.92 Å². The highest BCUT2D eigenvalue weighted by molar-refractivity contribution is 5.67. The van der Waals surface area contributed by atoms with E-state index >= 15 is 0 Å². The molecule has 1 aromatic carbocycles. The van der Waals surface area contributed by atoms with Gasteiger partial charge in [-0.2, -0.15) is 0 Å². The molecule has 1 N–H and O–H groups in total. The topological polar surface area (TPSA) is 29.9 Å². The Bertz CT molecular complexity index is 607. The fourth-order valence-electron chi connectivity index (χ4n) is 3.30. The largest absolute Gasteiger partial charge is 0.337 e. The number of rotatable bonds is 2. The molecule has 1 saturated heterocycles. The molecule has 0 radical (unpaired) electrons. The number of benzene rings is 1. The van der Waals surface area contributed by atoms with Crippen molar-refractivity contribution in [3.8, 4) is 11.3 Å². The summed E-state index contributed by atoms with van der Waals surface area (Å²) in [6, 6.07) is 6.65. The van der Waals surface area contributed by atoms with Gasteiger partial charge < -0.3 is 9.88 Å². The van der Waals surface area contributed by atoms with E-state index in [1.807, 2.05) is 6.33 Å². The minimum Gasteiger partial charge on any atom is -0.337 e. The first kappa shape index (κ1) is 13.4. The molecule has 0 atom stereocenters. The number of aromatic nitrogens is 2. The molecular formula is C17H23N3. The van der Waals surface area contributed by atoms with E-state index in [0.717, 1.165) is 13.1 Å². The van der Waals surface area contributed by atoms with Gasteiger partial charge in [-0.3, -0.25) is 0 Å². The Morgan fingerprint density at radius 3 is 2.65 bits per heavy atom. The van der Waals surface area contributed by atoms with Crippen molar-refractivity contribution in [2.75, 3.05) is 13.1 Å². The zero-order chi connectivity index (χ0) is 14.1. The highest BCUT2D eigenvalue weighted by atomic mass is 15.0. The van der Waals surface area contributed by atoms with Gasteiger partial charge in [0.2, 0.25) is 0 Å². The Labute approximate surface area is 121 Å². The number of piperidine rings is 1. The molecule has 0 saturated carbocycles. The molecule has 0 spiro atoms. The first-order valence-electron chi connectivity index (χ1n) is 7.46. The van der Waals surface area contributed by atoms with Crippen molar-refractivity contribution in [2.45, 2.75) is 32.6 Å². The lowest BCUT2D eigenvalue weighted by molar-refractivity contribution is 0.446. The summed E-state index contributed by atoms with van der Waals surface area (Å²) in [4.78, 5) is 4.69. The third kappa shape index (κ3) is 2.38. The van der Waals surface area contributed by atoms with Crippen LogP contribution in [0.5, 0.6) is 0 Å². The van der Waals surface area contributed by atoms with Gasteiger partial charge in [0.1, 0.15) is 0 Å². The first-order chi connectivity index (χ1) is 9.66. The van der Waals surface area contributed by atoms with Crippen LogP contribution < -0.4 is 5.32 Å². The predicted molar refractivity (Wildman–Crippen MR) is 83.0 cm³/mol. The molecule has 106 valence electrons. The second-order valence-electron chi connectivity index (χ2n) is 5.93. The normalized spacial score (nSPS) is 16.6. The molecule has 3 nitrogen and oxygen atoms in total. The minimum absolute atomic E-state index is 0.624. The van der Waals surface area contributed by atoms with Gasteiger partial charge in [-0.1, -0.05) is 23.8 Å². The highest BCUT2D eigenvalue weighted by Gasteiger charge is 2.23. The van der Waals surface area contributed by atoms with E-state index in [2.05, 4.69) is 49.0 Å². The second-order valence-corrected chi connectivity index (χ2v) is 5.93. The Kier molecular flexibility index (Phi) is 3.62.